The molecule has 0 bridgehead atoms. The standard InChI is InChI=1S/C15H17N3O/c1-11-10-17-9-8-14(11)18-15(19)7-6-12-4-2-3-5-13(12)16/h2-5,8-10H,6-7,16H2,1H3,(H,17,18,19). The van der Waals surface area contributed by atoms with E-state index in [1.807, 2.05) is 31.2 Å². The minimum Gasteiger partial charge on any atom is -0.399 e. The van der Waals surface area contributed by atoms with E-state index in [2.05, 4.69) is 10.3 Å². The predicted octanol–water partition coefficient (Wildman–Crippen LogP) is 2.54. The van der Waals surface area contributed by atoms with Crippen LogP contribution in [0.1, 0.15) is 17.5 Å². The van der Waals surface area contributed by atoms with Crippen molar-refractivity contribution in [3.8, 4) is 0 Å². The summed E-state index contributed by atoms with van der Waals surface area (Å²) in [5.41, 5.74) is 9.34. The summed E-state index contributed by atoms with van der Waals surface area (Å²) in [6.45, 7) is 1.91. The van der Waals surface area contributed by atoms with E-state index >= 15 is 0 Å². The Morgan fingerprint density at radius 2 is 2.11 bits per heavy atom. The topological polar surface area (TPSA) is 68.0 Å². The molecule has 1 aromatic heterocycles. The average Bonchev–Trinajstić information content (AvgIpc) is 2.40. The molecule has 3 N–H and O–H groups in total. The smallest absolute Gasteiger partial charge is 0.224 e. The second-order valence-corrected chi connectivity index (χ2v) is 4.44. The molecule has 0 saturated heterocycles. The zero-order valence-electron chi connectivity index (χ0n) is 10.9. The van der Waals surface area contributed by atoms with Gasteiger partial charge in [-0.3, -0.25) is 9.78 Å². The molecule has 2 rings (SSSR count). The highest BCUT2D eigenvalue weighted by atomic mass is 16.1. The van der Waals surface area contributed by atoms with Crippen LogP contribution < -0.4 is 11.1 Å². The molecular formula is C15H17N3O. The van der Waals surface area contributed by atoms with Crippen molar-refractivity contribution < 1.29 is 4.79 Å². The Morgan fingerprint density at radius 1 is 1.32 bits per heavy atom. The molecule has 4 nitrogen and oxygen atoms in total. The summed E-state index contributed by atoms with van der Waals surface area (Å²) in [5, 5.41) is 2.88. The number of pyridine rings is 1. The zero-order valence-corrected chi connectivity index (χ0v) is 10.9. The van der Waals surface area contributed by atoms with Gasteiger partial charge in [-0.2, -0.15) is 0 Å². The fourth-order valence-corrected chi connectivity index (χ4v) is 1.84. The number of carbonyl (C=O) groups excluding carboxylic acids is 1. The number of aryl methyl sites for hydroxylation is 2. The summed E-state index contributed by atoms with van der Waals surface area (Å²) in [6, 6.07) is 9.40. The van der Waals surface area contributed by atoms with Gasteiger partial charge in [-0.15, -0.1) is 0 Å². The summed E-state index contributed by atoms with van der Waals surface area (Å²) in [6.07, 6.45) is 4.45. The molecule has 4 heteroatoms. The molecule has 1 amide bonds. The maximum absolute atomic E-state index is 11.9. The van der Waals surface area contributed by atoms with Crippen molar-refractivity contribution in [1.29, 1.82) is 0 Å². The number of benzene rings is 1. The van der Waals surface area contributed by atoms with Gasteiger partial charge in [0.05, 0.1) is 0 Å². The summed E-state index contributed by atoms with van der Waals surface area (Å²) in [7, 11) is 0. The van der Waals surface area contributed by atoms with E-state index in [1.54, 1.807) is 18.5 Å². The van der Waals surface area contributed by atoms with Crippen LogP contribution in [0.4, 0.5) is 11.4 Å². The second-order valence-electron chi connectivity index (χ2n) is 4.44. The van der Waals surface area contributed by atoms with Crippen LogP contribution in [0, 0.1) is 6.92 Å². The van der Waals surface area contributed by atoms with Crippen LogP contribution in [0.2, 0.25) is 0 Å². The van der Waals surface area contributed by atoms with Crippen LogP contribution in [-0.2, 0) is 11.2 Å². The molecule has 19 heavy (non-hydrogen) atoms. The van der Waals surface area contributed by atoms with Gasteiger partial charge >= 0.3 is 0 Å². The first-order valence-electron chi connectivity index (χ1n) is 6.20. The average molecular weight is 255 g/mol. The monoisotopic (exact) mass is 255 g/mol. The number of aromatic nitrogens is 1. The Labute approximate surface area is 112 Å². The van der Waals surface area contributed by atoms with Gasteiger partial charge in [0.15, 0.2) is 0 Å². The van der Waals surface area contributed by atoms with Gasteiger partial charge in [-0.05, 0) is 36.6 Å². The lowest BCUT2D eigenvalue weighted by molar-refractivity contribution is -0.116. The largest absolute Gasteiger partial charge is 0.399 e. The molecular weight excluding hydrogens is 238 g/mol. The van der Waals surface area contributed by atoms with Crippen LogP contribution in [0.5, 0.6) is 0 Å². The van der Waals surface area contributed by atoms with Crippen molar-refractivity contribution >= 4 is 17.3 Å². The van der Waals surface area contributed by atoms with Gasteiger partial charge in [-0.1, -0.05) is 18.2 Å². The highest BCUT2D eigenvalue weighted by Crippen LogP contribution is 2.15. The molecule has 0 saturated carbocycles. The maximum Gasteiger partial charge on any atom is 0.224 e. The molecule has 98 valence electrons. The van der Waals surface area contributed by atoms with Crippen LogP contribution >= 0.6 is 0 Å². The zero-order chi connectivity index (χ0) is 13.7. The number of nitrogen functional groups attached to an aromatic ring is 1. The lowest BCUT2D eigenvalue weighted by Gasteiger charge is -2.08. The van der Waals surface area contributed by atoms with Crippen molar-refractivity contribution in [3.63, 3.8) is 0 Å². The molecule has 0 radical (unpaired) electrons. The third-order valence-corrected chi connectivity index (χ3v) is 2.97. The highest BCUT2D eigenvalue weighted by Gasteiger charge is 2.06. The fraction of sp³-hybridized carbons (Fsp3) is 0.200. The first-order valence-corrected chi connectivity index (χ1v) is 6.20. The third-order valence-electron chi connectivity index (χ3n) is 2.97. The lowest BCUT2D eigenvalue weighted by atomic mass is 10.1. The number of amides is 1. The van der Waals surface area contributed by atoms with E-state index in [9.17, 15) is 4.79 Å². The summed E-state index contributed by atoms with van der Waals surface area (Å²) >= 11 is 0. The van der Waals surface area contributed by atoms with Crippen molar-refractivity contribution in [2.75, 3.05) is 11.1 Å². The van der Waals surface area contributed by atoms with E-state index in [0.717, 1.165) is 22.5 Å². The van der Waals surface area contributed by atoms with Gasteiger partial charge in [0.25, 0.3) is 0 Å². The molecule has 2 aromatic rings. The number of anilines is 2. The van der Waals surface area contributed by atoms with Gasteiger partial charge in [-0.25, -0.2) is 0 Å². The quantitative estimate of drug-likeness (QED) is 0.825. The molecule has 0 spiro atoms. The molecule has 1 heterocycles. The number of nitrogens with two attached hydrogens (primary N) is 1. The van der Waals surface area contributed by atoms with Crippen molar-refractivity contribution in [2.45, 2.75) is 19.8 Å². The first kappa shape index (κ1) is 13.1. The number of hydrogen-bond acceptors (Lipinski definition) is 3. The van der Waals surface area contributed by atoms with Crippen molar-refractivity contribution in [2.24, 2.45) is 0 Å². The van der Waals surface area contributed by atoms with Crippen LogP contribution in [0.25, 0.3) is 0 Å². The third kappa shape index (κ3) is 3.55. The fourth-order valence-electron chi connectivity index (χ4n) is 1.84. The minimum atomic E-state index is -0.0162. The summed E-state index contributed by atoms with van der Waals surface area (Å²) in [4.78, 5) is 15.9. The Balaban J connectivity index is 1.92. The van der Waals surface area contributed by atoms with Gasteiger partial charge < -0.3 is 11.1 Å². The molecule has 0 fully saturated rings. The molecule has 0 atom stereocenters. The SMILES string of the molecule is Cc1cnccc1NC(=O)CCc1ccccc1N. The summed E-state index contributed by atoms with van der Waals surface area (Å²) < 4.78 is 0. The van der Waals surface area contributed by atoms with Crippen molar-refractivity contribution in [3.05, 3.63) is 53.9 Å². The van der Waals surface area contributed by atoms with Crippen LogP contribution in [0.15, 0.2) is 42.7 Å². The molecule has 0 aliphatic carbocycles. The Hall–Kier alpha value is -2.36. The van der Waals surface area contributed by atoms with Crippen molar-refractivity contribution in [1.82, 2.24) is 4.98 Å². The minimum absolute atomic E-state index is 0.0162. The number of carbonyl (C=O) groups is 1. The van der Waals surface area contributed by atoms with Gasteiger partial charge in [0, 0.05) is 30.2 Å². The number of nitrogens with one attached hydrogen (secondary N) is 1. The first-order chi connectivity index (χ1) is 9.16. The van der Waals surface area contributed by atoms with Crippen LogP contribution in [0.3, 0.4) is 0 Å². The predicted molar refractivity (Wildman–Crippen MR) is 76.8 cm³/mol. The number of para-hydroxylation sites is 1. The van der Waals surface area contributed by atoms with Gasteiger partial charge in [0.2, 0.25) is 5.91 Å². The Kier molecular flexibility index (Phi) is 4.13. The molecule has 0 aliphatic heterocycles. The highest BCUT2D eigenvalue weighted by molar-refractivity contribution is 5.91. The normalized spacial score (nSPS) is 10.2. The number of nitrogens with zero attached hydrogens (tertiary/aromatic N) is 1. The van der Waals surface area contributed by atoms with Gasteiger partial charge in [0.1, 0.15) is 0 Å². The lowest BCUT2D eigenvalue weighted by Crippen LogP contribution is -2.13. The Bertz CT molecular complexity index is 581. The van der Waals surface area contributed by atoms with E-state index in [-0.39, 0.29) is 5.91 Å². The Morgan fingerprint density at radius 3 is 2.84 bits per heavy atom. The number of rotatable bonds is 4. The van der Waals surface area contributed by atoms with E-state index < -0.39 is 0 Å². The summed E-state index contributed by atoms with van der Waals surface area (Å²) in [5.74, 6) is -0.0162. The van der Waals surface area contributed by atoms with Crippen LogP contribution in [-0.4, -0.2) is 10.9 Å². The van der Waals surface area contributed by atoms with E-state index in [0.29, 0.717) is 12.8 Å². The van der Waals surface area contributed by atoms with E-state index in [1.165, 1.54) is 0 Å². The number of hydrogen-bond donors (Lipinski definition) is 2. The van der Waals surface area contributed by atoms with E-state index in [4.69, 9.17) is 5.73 Å². The second kappa shape index (κ2) is 6.00. The maximum atomic E-state index is 11.9. The molecule has 0 aliphatic rings. The molecule has 0 unspecified atom stereocenters. The molecule has 1 aromatic carbocycles.